The molecule has 0 aliphatic rings. The van der Waals surface area contributed by atoms with Gasteiger partial charge in [-0.25, -0.2) is 4.39 Å². The van der Waals surface area contributed by atoms with Crippen molar-refractivity contribution in [1.29, 1.82) is 0 Å². The van der Waals surface area contributed by atoms with E-state index in [1.54, 1.807) is 6.07 Å². The van der Waals surface area contributed by atoms with E-state index in [-0.39, 0.29) is 11.8 Å². The highest BCUT2D eigenvalue weighted by Crippen LogP contribution is 2.22. The van der Waals surface area contributed by atoms with E-state index in [2.05, 4.69) is 6.92 Å². The average Bonchev–Trinajstić information content (AvgIpc) is 2.22. The summed E-state index contributed by atoms with van der Waals surface area (Å²) in [6.07, 6.45) is 4.21. The van der Waals surface area contributed by atoms with Gasteiger partial charge in [0.05, 0.1) is 0 Å². The van der Waals surface area contributed by atoms with Gasteiger partial charge in [-0.2, -0.15) is 0 Å². The molecule has 1 aromatic rings. The lowest BCUT2D eigenvalue weighted by Gasteiger charge is -2.11. The van der Waals surface area contributed by atoms with Crippen molar-refractivity contribution < 1.29 is 9.50 Å². The Morgan fingerprint density at radius 3 is 2.73 bits per heavy atom. The first kappa shape index (κ1) is 12.0. The Bertz CT molecular complexity index is 314. The number of phenolic OH excluding ortho intramolecular Hbond substituents is 1. The molecule has 2 nitrogen and oxygen atoms in total. The molecule has 0 aliphatic heterocycles. The highest BCUT2D eigenvalue weighted by Gasteiger charge is 2.08. The molecule has 0 unspecified atom stereocenters. The molecule has 3 heteroatoms. The van der Waals surface area contributed by atoms with Crippen LogP contribution in [0, 0.1) is 5.82 Å². The number of hydrogen-bond acceptors (Lipinski definition) is 2. The van der Waals surface area contributed by atoms with Crippen LogP contribution in [0.1, 0.15) is 44.2 Å². The van der Waals surface area contributed by atoms with Gasteiger partial charge in [0.15, 0.2) is 11.6 Å². The van der Waals surface area contributed by atoms with Gasteiger partial charge in [-0.05, 0) is 24.1 Å². The number of benzene rings is 1. The Balaban J connectivity index is 2.57. The summed E-state index contributed by atoms with van der Waals surface area (Å²) in [5, 5.41) is 9.02. The molecule has 0 aliphatic carbocycles. The van der Waals surface area contributed by atoms with Crippen LogP contribution in [0.3, 0.4) is 0 Å². The van der Waals surface area contributed by atoms with E-state index in [0.29, 0.717) is 0 Å². The number of aromatic hydroxyl groups is 1. The van der Waals surface area contributed by atoms with E-state index in [1.165, 1.54) is 12.1 Å². The molecule has 0 radical (unpaired) electrons. The third kappa shape index (κ3) is 3.51. The summed E-state index contributed by atoms with van der Waals surface area (Å²) in [6, 6.07) is 4.21. The number of phenols is 1. The molecule has 1 aromatic carbocycles. The molecule has 0 saturated heterocycles. The first-order chi connectivity index (χ1) is 7.15. The van der Waals surface area contributed by atoms with E-state index < -0.39 is 5.82 Å². The van der Waals surface area contributed by atoms with Crippen molar-refractivity contribution in [2.24, 2.45) is 5.73 Å². The quantitative estimate of drug-likeness (QED) is 0.735. The lowest BCUT2D eigenvalue weighted by atomic mass is 10.0. The van der Waals surface area contributed by atoms with E-state index in [0.717, 1.165) is 31.2 Å². The second-order valence-corrected chi connectivity index (χ2v) is 3.81. The van der Waals surface area contributed by atoms with Crippen molar-refractivity contribution in [2.75, 3.05) is 0 Å². The van der Waals surface area contributed by atoms with Gasteiger partial charge in [-0.15, -0.1) is 0 Å². The lowest BCUT2D eigenvalue weighted by molar-refractivity contribution is 0.431. The fourth-order valence-electron chi connectivity index (χ4n) is 1.53. The van der Waals surface area contributed by atoms with Gasteiger partial charge in [0.2, 0.25) is 0 Å². The van der Waals surface area contributed by atoms with Crippen LogP contribution in [0.15, 0.2) is 18.2 Å². The van der Waals surface area contributed by atoms with Gasteiger partial charge >= 0.3 is 0 Å². The predicted octanol–water partition coefficient (Wildman–Crippen LogP) is 3.11. The number of hydrogen-bond donors (Lipinski definition) is 2. The molecule has 15 heavy (non-hydrogen) atoms. The predicted molar refractivity (Wildman–Crippen MR) is 59.1 cm³/mol. The molecular weight excluding hydrogens is 193 g/mol. The smallest absolute Gasteiger partial charge is 0.165 e. The molecule has 0 aromatic heterocycles. The lowest BCUT2D eigenvalue weighted by Crippen LogP contribution is -2.10. The average molecular weight is 211 g/mol. The SMILES string of the molecule is CCCCC[C@H](N)c1ccc(O)c(F)c1. The normalized spacial score (nSPS) is 12.7. The van der Waals surface area contributed by atoms with E-state index in [1.807, 2.05) is 0 Å². The number of halogens is 1. The molecule has 3 N–H and O–H groups in total. The standard InChI is InChI=1S/C12H18FNO/c1-2-3-4-5-11(14)9-6-7-12(15)10(13)8-9/h6-8,11,15H,2-5,14H2,1H3/t11-/m0/s1. The fraction of sp³-hybridized carbons (Fsp3) is 0.500. The number of unbranched alkanes of at least 4 members (excludes halogenated alkanes) is 2. The molecule has 84 valence electrons. The van der Waals surface area contributed by atoms with Crippen LogP contribution in [0.4, 0.5) is 4.39 Å². The van der Waals surface area contributed by atoms with Crippen LogP contribution < -0.4 is 5.73 Å². The van der Waals surface area contributed by atoms with Crippen LogP contribution in [-0.2, 0) is 0 Å². The monoisotopic (exact) mass is 211 g/mol. The second kappa shape index (κ2) is 5.71. The van der Waals surface area contributed by atoms with Crippen LogP contribution in [0.25, 0.3) is 0 Å². The van der Waals surface area contributed by atoms with Crippen LogP contribution in [0.5, 0.6) is 5.75 Å². The minimum Gasteiger partial charge on any atom is -0.505 e. The summed E-state index contributed by atoms with van der Waals surface area (Å²) in [5.74, 6) is -0.919. The van der Waals surface area contributed by atoms with Crippen LogP contribution in [0.2, 0.25) is 0 Å². The van der Waals surface area contributed by atoms with Crippen LogP contribution >= 0.6 is 0 Å². The Labute approximate surface area is 89.9 Å². The molecule has 0 bridgehead atoms. The molecule has 0 spiro atoms. The molecule has 0 saturated carbocycles. The van der Waals surface area contributed by atoms with Gasteiger partial charge in [-0.1, -0.05) is 32.3 Å². The van der Waals surface area contributed by atoms with Gasteiger partial charge in [0.25, 0.3) is 0 Å². The van der Waals surface area contributed by atoms with Crippen molar-refractivity contribution >= 4 is 0 Å². The van der Waals surface area contributed by atoms with Gasteiger partial charge in [-0.3, -0.25) is 0 Å². The van der Waals surface area contributed by atoms with Crippen molar-refractivity contribution in [3.8, 4) is 5.75 Å². The molecule has 0 heterocycles. The van der Waals surface area contributed by atoms with Crippen molar-refractivity contribution in [3.05, 3.63) is 29.6 Å². The minimum absolute atomic E-state index is 0.133. The highest BCUT2D eigenvalue weighted by atomic mass is 19.1. The van der Waals surface area contributed by atoms with Crippen LogP contribution in [-0.4, -0.2) is 5.11 Å². The van der Waals surface area contributed by atoms with E-state index in [4.69, 9.17) is 10.8 Å². The molecule has 1 rings (SSSR count). The molecule has 1 atom stereocenters. The van der Waals surface area contributed by atoms with Gasteiger partial charge in [0, 0.05) is 6.04 Å². The maximum atomic E-state index is 13.0. The van der Waals surface area contributed by atoms with Crippen molar-refractivity contribution in [3.63, 3.8) is 0 Å². The summed E-state index contributed by atoms with van der Waals surface area (Å²) < 4.78 is 13.0. The molecular formula is C12H18FNO. The first-order valence-corrected chi connectivity index (χ1v) is 5.39. The van der Waals surface area contributed by atoms with Crippen molar-refractivity contribution in [2.45, 2.75) is 38.6 Å². The fourth-order valence-corrected chi connectivity index (χ4v) is 1.53. The third-order valence-electron chi connectivity index (χ3n) is 2.52. The maximum absolute atomic E-state index is 13.0. The Kier molecular flexibility index (Phi) is 4.56. The number of rotatable bonds is 5. The summed E-state index contributed by atoms with van der Waals surface area (Å²) in [4.78, 5) is 0. The third-order valence-corrected chi connectivity index (χ3v) is 2.52. The van der Waals surface area contributed by atoms with Gasteiger partial charge < -0.3 is 10.8 Å². The second-order valence-electron chi connectivity index (χ2n) is 3.81. The van der Waals surface area contributed by atoms with E-state index in [9.17, 15) is 4.39 Å². The Hall–Kier alpha value is -1.09. The summed E-state index contributed by atoms with van der Waals surface area (Å²) in [6.45, 7) is 2.13. The zero-order chi connectivity index (χ0) is 11.3. The Morgan fingerprint density at radius 2 is 2.13 bits per heavy atom. The summed E-state index contributed by atoms with van der Waals surface area (Å²) in [7, 11) is 0. The minimum atomic E-state index is -0.599. The highest BCUT2D eigenvalue weighted by molar-refractivity contribution is 5.29. The first-order valence-electron chi connectivity index (χ1n) is 5.39. The number of nitrogens with two attached hydrogens (primary N) is 1. The molecule has 0 amide bonds. The maximum Gasteiger partial charge on any atom is 0.165 e. The molecule has 0 fully saturated rings. The zero-order valence-electron chi connectivity index (χ0n) is 9.04. The zero-order valence-corrected chi connectivity index (χ0v) is 9.04. The topological polar surface area (TPSA) is 46.2 Å². The summed E-state index contributed by atoms with van der Waals surface area (Å²) >= 11 is 0. The largest absolute Gasteiger partial charge is 0.505 e. The Morgan fingerprint density at radius 1 is 1.40 bits per heavy atom. The summed E-state index contributed by atoms with van der Waals surface area (Å²) in [5.41, 5.74) is 6.66. The van der Waals surface area contributed by atoms with Crippen molar-refractivity contribution in [1.82, 2.24) is 0 Å². The van der Waals surface area contributed by atoms with E-state index >= 15 is 0 Å². The van der Waals surface area contributed by atoms with Gasteiger partial charge in [0.1, 0.15) is 0 Å².